The Morgan fingerprint density at radius 3 is 2.52 bits per heavy atom. The van der Waals surface area contributed by atoms with Crippen molar-refractivity contribution in [2.75, 3.05) is 13.2 Å². The van der Waals surface area contributed by atoms with Crippen molar-refractivity contribution in [3.63, 3.8) is 0 Å². The molecule has 0 saturated carbocycles. The maximum absolute atomic E-state index is 13.2. The highest BCUT2D eigenvalue weighted by molar-refractivity contribution is 6.30. The predicted molar refractivity (Wildman–Crippen MR) is 84.5 cm³/mol. The number of halogens is 2. The summed E-state index contributed by atoms with van der Waals surface area (Å²) in [6, 6.07) is 12.1. The minimum atomic E-state index is -0.217. The van der Waals surface area contributed by atoms with Gasteiger partial charge in [-0.05, 0) is 61.0 Å². The Kier molecular flexibility index (Phi) is 5.59. The molecule has 112 valence electrons. The summed E-state index contributed by atoms with van der Waals surface area (Å²) in [5, 5.41) is 4.05. The fourth-order valence-electron chi connectivity index (χ4n) is 2.25. The maximum atomic E-state index is 13.2. The molecule has 0 radical (unpaired) electrons. The number of likely N-dealkylation sites (N-methyl/N-ethyl adjacent to an activating group) is 1. The third-order valence-corrected chi connectivity index (χ3v) is 3.54. The zero-order valence-electron chi connectivity index (χ0n) is 12.2. The molecule has 0 aliphatic rings. The number of aryl methyl sites for hydroxylation is 1. The molecule has 1 unspecified atom stereocenters. The summed E-state index contributed by atoms with van der Waals surface area (Å²) in [5.41, 5.74) is 1.97. The van der Waals surface area contributed by atoms with E-state index < -0.39 is 0 Å². The smallest absolute Gasteiger partial charge is 0.123 e. The van der Waals surface area contributed by atoms with Gasteiger partial charge in [-0.15, -0.1) is 0 Å². The van der Waals surface area contributed by atoms with Crippen LogP contribution in [0.1, 0.15) is 24.1 Å². The van der Waals surface area contributed by atoms with Gasteiger partial charge in [-0.25, -0.2) is 4.39 Å². The molecule has 2 aromatic rings. The minimum Gasteiger partial charge on any atom is -0.492 e. The second kappa shape index (κ2) is 7.43. The highest BCUT2D eigenvalue weighted by atomic mass is 35.5. The van der Waals surface area contributed by atoms with Gasteiger partial charge in [0.15, 0.2) is 0 Å². The first-order valence-electron chi connectivity index (χ1n) is 6.98. The summed E-state index contributed by atoms with van der Waals surface area (Å²) in [4.78, 5) is 0. The fourth-order valence-corrected chi connectivity index (χ4v) is 2.37. The number of hydrogen-bond donors (Lipinski definition) is 1. The van der Waals surface area contributed by atoms with E-state index in [1.165, 1.54) is 6.07 Å². The van der Waals surface area contributed by atoms with Crippen LogP contribution in [0.25, 0.3) is 0 Å². The van der Waals surface area contributed by atoms with Crippen LogP contribution < -0.4 is 10.1 Å². The molecule has 4 heteroatoms. The van der Waals surface area contributed by atoms with Crippen molar-refractivity contribution in [1.82, 2.24) is 5.32 Å². The van der Waals surface area contributed by atoms with Crippen LogP contribution in [0.4, 0.5) is 4.39 Å². The van der Waals surface area contributed by atoms with E-state index in [1.54, 1.807) is 18.2 Å². The van der Waals surface area contributed by atoms with Crippen LogP contribution in [-0.2, 0) is 0 Å². The van der Waals surface area contributed by atoms with E-state index in [0.29, 0.717) is 11.6 Å². The summed E-state index contributed by atoms with van der Waals surface area (Å²) in [5.74, 6) is 0.548. The van der Waals surface area contributed by atoms with Crippen LogP contribution in [0.15, 0.2) is 42.5 Å². The molecule has 1 atom stereocenters. The molecule has 0 fully saturated rings. The van der Waals surface area contributed by atoms with Crippen LogP contribution in [0.2, 0.25) is 5.02 Å². The van der Waals surface area contributed by atoms with E-state index in [4.69, 9.17) is 16.3 Å². The molecule has 0 aliphatic carbocycles. The fraction of sp³-hybridized carbons (Fsp3) is 0.294. The zero-order valence-corrected chi connectivity index (χ0v) is 13.0. The van der Waals surface area contributed by atoms with Gasteiger partial charge in [0.05, 0.1) is 6.04 Å². The quantitative estimate of drug-likeness (QED) is 0.847. The van der Waals surface area contributed by atoms with Gasteiger partial charge in [-0.3, -0.25) is 0 Å². The highest BCUT2D eigenvalue weighted by Crippen LogP contribution is 2.21. The molecule has 0 amide bonds. The lowest BCUT2D eigenvalue weighted by molar-refractivity contribution is 0.267. The standard InChI is InChI=1S/C17H19ClFNO/c1-3-20-17(16-9-6-14(19)10-12(16)2)11-21-15-7-4-13(18)5-8-15/h4-10,17,20H,3,11H2,1-2H3. The summed E-state index contributed by atoms with van der Waals surface area (Å²) < 4.78 is 19.0. The molecule has 1 N–H and O–H groups in total. The SMILES string of the molecule is CCNC(COc1ccc(Cl)cc1)c1ccc(F)cc1C. The molecule has 0 saturated heterocycles. The van der Waals surface area contributed by atoms with E-state index in [0.717, 1.165) is 23.4 Å². The number of hydrogen-bond acceptors (Lipinski definition) is 2. The average molecular weight is 308 g/mol. The van der Waals surface area contributed by atoms with Gasteiger partial charge < -0.3 is 10.1 Å². The van der Waals surface area contributed by atoms with Gasteiger partial charge in [0.1, 0.15) is 18.2 Å². The summed E-state index contributed by atoms with van der Waals surface area (Å²) in [7, 11) is 0. The monoisotopic (exact) mass is 307 g/mol. The van der Waals surface area contributed by atoms with Crippen LogP contribution in [0.3, 0.4) is 0 Å². The summed E-state index contributed by atoms with van der Waals surface area (Å²) >= 11 is 5.85. The second-order valence-electron chi connectivity index (χ2n) is 4.88. The lowest BCUT2D eigenvalue weighted by atomic mass is 10.0. The molecule has 0 bridgehead atoms. The first-order chi connectivity index (χ1) is 10.1. The molecule has 0 heterocycles. The van der Waals surface area contributed by atoms with E-state index in [-0.39, 0.29) is 11.9 Å². The molecule has 21 heavy (non-hydrogen) atoms. The Morgan fingerprint density at radius 1 is 1.19 bits per heavy atom. The highest BCUT2D eigenvalue weighted by Gasteiger charge is 2.14. The van der Waals surface area contributed by atoms with Crippen molar-refractivity contribution in [3.05, 3.63) is 64.4 Å². The topological polar surface area (TPSA) is 21.3 Å². The van der Waals surface area contributed by atoms with E-state index in [9.17, 15) is 4.39 Å². The number of ether oxygens (including phenoxy) is 1. The largest absolute Gasteiger partial charge is 0.492 e. The minimum absolute atomic E-state index is 0.0197. The molecule has 0 aliphatic heterocycles. The molecular weight excluding hydrogens is 289 g/mol. The van der Waals surface area contributed by atoms with Crippen molar-refractivity contribution in [2.45, 2.75) is 19.9 Å². The first kappa shape index (κ1) is 15.8. The van der Waals surface area contributed by atoms with Crippen molar-refractivity contribution in [1.29, 1.82) is 0 Å². The Labute approximate surface area is 129 Å². The second-order valence-corrected chi connectivity index (χ2v) is 5.31. The van der Waals surface area contributed by atoms with E-state index in [1.807, 2.05) is 32.0 Å². The zero-order chi connectivity index (χ0) is 15.2. The van der Waals surface area contributed by atoms with Crippen LogP contribution in [0.5, 0.6) is 5.75 Å². The van der Waals surface area contributed by atoms with E-state index in [2.05, 4.69) is 5.32 Å². The Hall–Kier alpha value is -1.58. The molecule has 2 rings (SSSR count). The Morgan fingerprint density at radius 2 is 1.90 bits per heavy atom. The number of rotatable bonds is 6. The normalized spacial score (nSPS) is 12.2. The van der Waals surface area contributed by atoms with Crippen molar-refractivity contribution < 1.29 is 9.13 Å². The van der Waals surface area contributed by atoms with Gasteiger partial charge >= 0.3 is 0 Å². The lowest BCUT2D eigenvalue weighted by Gasteiger charge is -2.21. The first-order valence-corrected chi connectivity index (χ1v) is 7.35. The molecule has 0 spiro atoms. The maximum Gasteiger partial charge on any atom is 0.123 e. The van der Waals surface area contributed by atoms with Crippen LogP contribution in [0, 0.1) is 12.7 Å². The number of benzene rings is 2. The lowest BCUT2D eigenvalue weighted by Crippen LogP contribution is -2.27. The van der Waals surface area contributed by atoms with Crippen molar-refractivity contribution in [2.24, 2.45) is 0 Å². The Bertz CT molecular complexity index is 586. The van der Waals surface area contributed by atoms with Crippen LogP contribution in [-0.4, -0.2) is 13.2 Å². The van der Waals surface area contributed by atoms with Crippen molar-refractivity contribution in [3.8, 4) is 5.75 Å². The molecular formula is C17H19ClFNO. The van der Waals surface area contributed by atoms with E-state index >= 15 is 0 Å². The van der Waals surface area contributed by atoms with Gasteiger partial charge in [0, 0.05) is 5.02 Å². The van der Waals surface area contributed by atoms with Gasteiger partial charge in [-0.2, -0.15) is 0 Å². The third-order valence-electron chi connectivity index (χ3n) is 3.29. The molecule has 2 nitrogen and oxygen atoms in total. The predicted octanol–water partition coefficient (Wildman–Crippen LogP) is 4.52. The van der Waals surface area contributed by atoms with Crippen molar-refractivity contribution >= 4 is 11.6 Å². The van der Waals surface area contributed by atoms with Crippen LogP contribution >= 0.6 is 11.6 Å². The van der Waals surface area contributed by atoms with Gasteiger partial charge in [-0.1, -0.05) is 24.6 Å². The van der Waals surface area contributed by atoms with Gasteiger partial charge in [0.2, 0.25) is 0 Å². The van der Waals surface area contributed by atoms with Gasteiger partial charge in [0.25, 0.3) is 0 Å². The molecule has 2 aromatic carbocycles. The third kappa shape index (κ3) is 4.45. The Balaban J connectivity index is 2.09. The summed E-state index contributed by atoms with van der Waals surface area (Å²) in [6.07, 6.45) is 0. The number of nitrogens with one attached hydrogen (secondary N) is 1. The molecule has 0 aromatic heterocycles. The summed E-state index contributed by atoms with van der Waals surface area (Å²) in [6.45, 7) is 5.23. The average Bonchev–Trinajstić information content (AvgIpc) is 2.46.